The van der Waals surface area contributed by atoms with E-state index < -0.39 is 38.8 Å². The third kappa shape index (κ3) is 9.71. The van der Waals surface area contributed by atoms with Gasteiger partial charge in [-0.05, 0) is 0 Å². The maximum atomic E-state index is 10.0. The van der Waals surface area contributed by atoms with Gasteiger partial charge in [0.2, 0.25) is 0 Å². The van der Waals surface area contributed by atoms with E-state index in [1.165, 1.54) is 0 Å². The first kappa shape index (κ1) is 23.9. The number of carbonyl (C=O) groups is 1. The fraction of sp³-hybridized carbons (Fsp3) is 0.833. The minimum Gasteiger partial charge on any atom is -0.790 e. The number of phosphoric ester groups is 1. The van der Waals surface area contributed by atoms with Crippen LogP contribution in [0.3, 0.4) is 0 Å². The summed E-state index contributed by atoms with van der Waals surface area (Å²) in [5, 5.41) is 35.9. The normalized spacial score (nSPS) is 17.7. The summed E-state index contributed by atoms with van der Waals surface area (Å²) in [5.74, 6) is 0. The predicted molar refractivity (Wildman–Crippen MR) is 43.6 cm³/mol. The van der Waals surface area contributed by atoms with Crippen LogP contribution in [-0.2, 0) is 13.9 Å². The average Bonchev–Trinajstić information content (AvgIpc) is 2.21. The molecule has 0 bridgehead atoms. The van der Waals surface area contributed by atoms with Crippen molar-refractivity contribution in [1.29, 1.82) is 0 Å². The number of aliphatic hydroxyl groups excluding tert-OH is 4. The van der Waals surface area contributed by atoms with Gasteiger partial charge in [0.15, 0.2) is 6.29 Å². The monoisotopic (exact) mass is 272 g/mol. The van der Waals surface area contributed by atoms with Gasteiger partial charge >= 0.3 is 37.7 Å². The van der Waals surface area contributed by atoms with Gasteiger partial charge in [-0.3, -0.25) is 0 Å². The maximum Gasteiger partial charge on any atom is 1.00 e. The van der Waals surface area contributed by atoms with E-state index >= 15 is 0 Å². The molecule has 18 heavy (non-hydrogen) atoms. The van der Waals surface area contributed by atoms with Crippen LogP contribution in [0.15, 0.2) is 0 Å². The third-order valence-corrected chi connectivity index (χ3v) is 2.10. The van der Waals surface area contributed by atoms with Crippen LogP contribution in [0.5, 0.6) is 0 Å². The van der Waals surface area contributed by atoms with E-state index in [0.717, 1.165) is 0 Å². The van der Waals surface area contributed by atoms with Crippen LogP contribution in [0.1, 0.15) is 0 Å². The Hall–Kier alpha value is 0.815. The quantitative estimate of drug-likeness (QED) is 0.199. The molecule has 0 saturated heterocycles. The van der Waals surface area contributed by atoms with E-state index in [1.807, 2.05) is 0 Å². The van der Waals surface area contributed by atoms with E-state index in [0.29, 0.717) is 0 Å². The molecule has 0 aliphatic rings. The van der Waals surface area contributed by atoms with Gasteiger partial charge in [0.25, 0.3) is 0 Å². The maximum absolute atomic E-state index is 10.0. The van der Waals surface area contributed by atoms with Crippen LogP contribution >= 0.6 is 7.82 Å². The van der Waals surface area contributed by atoms with Gasteiger partial charge in [0, 0.05) is 0 Å². The van der Waals surface area contributed by atoms with Gasteiger partial charge < -0.3 is 44.1 Å². The fourth-order valence-electron chi connectivity index (χ4n) is 0.776. The van der Waals surface area contributed by atoms with Gasteiger partial charge in [-0.1, -0.05) is 0 Å². The fourth-order valence-corrected chi connectivity index (χ4v) is 1.11. The molecule has 0 aromatic rings. The Labute approximate surface area is 127 Å². The van der Waals surface area contributed by atoms with Crippen molar-refractivity contribution in [2.45, 2.75) is 24.4 Å². The number of aldehydes is 1. The topological polar surface area (TPSA) is 170 Å². The summed E-state index contributed by atoms with van der Waals surface area (Å²) in [6, 6.07) is 0. The van der Waals surface area contributed by atoms with Gasteiger partial charge in [-0.25, -0.2) is 0 Å². The zero-order valence-corrected chi connectivity index (χ0v) is 10.8. The van der Waals surface area contributed by atoms with E-state index in [1.54, 1.807) is 0 Å². The minimum atomic E-state index is -5.30. The summed E-state index contributed by atoms with van der Waals surface area (Å²) in [6.07, 6.45) is -8.04. The van der Waals surface area contributed by atoms with E-state index in [-0.39, 0.29) is 44.0 Å². The second kappa shape index (κ2) is 10.6. The van der Waals surface area contributed by atoms with Gasteiger partial charge in [-0.15, -0.1) is 0 Å². The Bertz CT molecular complexity index is 272. The Morgan fingerprint density at radius 3 is 1.89 bits per heavy atom. The zero-order valence-electron chi connectivity index (χ0n) is 9.87. The summed E-state index contributed by atoms with van der Waals surface area (Å²) in [7, 11) is -5.30. The molecule has 0 amide bonds. The summed E-state index contributed by atoms with van der Waals surface area (Å²) in [5.41, 5.74) is 0. The molecule has 0 aliphatic carbocycles. The van der Waals surface area contributed by atoms with Crippen molar-refractivity contribution in [1.82, 2.24) is 0 Å². The van der Waals surface area contributed by atoms with Crippen LogP contribution in [0.4, 0.5) is 0 Å². The molecular weight excluding hydrogens is 261 g/mol. The molecule has 9 nitrogen and oxygen atoms in total. The molecule has 0 fully saturated rings. The number of aliphatic hydroxyl groups is 4. The van der Waals surface area contributed by atoms with Gasteiger partial charge in [-0.2, -0.15) is 0 Å². The summed E-state index contributed by atoms with van der Waals surface area (Å²) < 4.78 is 13.6. The molecule has 0 rings (SSSR count). The molecule has 0 heterocycles. The molecule has 0 aliphatic heterocycles. The van der Waals surface area contributed by atoms with Crippen LogP contribution in [0.25, 0.3) is 0 Å². The van der Waals surface area contributed by atoms with Crippen molar-refractivity contribution in [3.63, 3.8) is 0 Å². The third-order valence-electron chi connectivity index (χ3n) is 1.64. The van der Waals surface area contributed by atoms with Crippen molar-refractivity contribution >= 4 is 14.1 Å². The average molecular weight is 272 g/mol. The first-order valence-electron chi connectivity index (χ1n) is 4.03. The van der Waals surface area contributed by atoms with Gasteiger partial charge in [0.1, 0.15) is 24.4 Å². The molecule has 12 heteroatoms. The molecule has 0 radical (unpaired) electrons. The Kier molecular flexibility index (Phi) is 14.0. The number of phosphoric acid groups is 1. The van der Waals surface area contributed by atoms with Crippen LogP contribution in [0.2, 0.25) is 0 Å². The van der Waals surface area contributed by atoms with E-state index in [2.05, 4.69) is 4.52 Å². The molecular formula is C6H11Li2O9P. The molecule has 0 aromatic carbocycles. The standard InChI is InChI=1S/C6H13O9P.2Li/c7-1-3(8)5(10)6(11)4(9)2-15-16(12,13)14;;/h1,3-6,8-11H,2H2,(H2,12,13,14);;/q;2*+1/p-2/t3-,4+,5+,6-;;/m0../s1. The van der Waals surface area contributed by atoms with Crippen molar-refractivity contribution < 1.29 is 81.8 Å². The van der Waals surface area contributed by atoms with Crippen molar-refractivity contribution in [3.8, 4) is 0 Å². The number of carbonyl (C=O) groups excluding carboxylic acids is 1. The summed E-state index contributed by atoms with van der Waals surface area (Å²) >= 11 is 0. The first-order valence-corrected chi connectivity index (χ1v) is 5.49. The zero-order chi connectivity index (χ0) is 12.9. The number of hydrogen-bond donors (Lipinski definition) is 4. The molecule has 0 saturated carbocycles. The summed E-state index contributed by atoms with van der Waals surface area (Å²) in [4.78, 5) is 30.0. The smallest absolute Gasteiger partial charge is 0.790 e. The van der Waals surface area contributed by atoms with Crippen LogP contribution in [-0.4, -0.2) is 57.7 Å². The van der Waals surface area contributed by atoms with Crippen molar-refractivity contribution in [2.24, 2.45) is 0 Å². The first-order chi connectivity index (χ1) is 7.19. The second-order valence-corrected chi connectivity index (χ2v) is 4.07. The molecule has 4 N–H and O–H groups in total. The van der Waals surface area contributed by atoms with Crippen LogP contribution < -0.4 is 47.5 Å². The van der Waals surface area contributed by atoms with Crippen molar-refractivity contribution in [2.75, 3.05) is 6.61 Å². The Morgan fingerprint density at radius 2 is 1.56 bits per heavy atom. The van der Waals surface area contributed by atoms with Gasteiger partial charge in [0.05, 0.1) is 14.4 Å². The number of hydrogen-bond acceptors (Lipinski definition) is 9. The van der Waals surface area contributed by atoms with E-state index in [4.69, 9.17) is 20.4 Å². The van der Waals surface area contributed by atoms with E-state index in [9.17, 15) is 19.1 Å². The molecule has 0 spiro atoms. The second-order valence-electron chi connectivity index (χ2n) is 2.92. The number of rotatable bonds is 7. The molecule has 96 valence electrons. The molecule has 0 unspecified atom stereocenters. The molecule has 0 aromatic heterocycles. The predicted octanol–water partition coefficient (Wildman–Crippen LogP) is -10.5. The summed E-state index contributed by atoms with van der Waals surface area (Å²) in [6.45, 7) is -1.09. The SMILES string of the molecule is O=C[C@H](O)[C@@H](O)[C@@H](O)[C@H](O)COP(=O)([O-])[O-].[Li+].[Li+]. The van der Waals surface area contributed by atoms with Crippen LogP contribution in [0, 0.1) is 0 Å². The molecule has 4 atom stereocenters. The Morgan fingerprint density at radius 1 is 1.11 bits per heavy atom. The minimum absolute atomic E-state index is 0. The largest absolute Gasteiger partial charge is 1.00 e. The van der Waals surface area contributed by atoms with Crippen molar-refractivity contribution in [3.05, 3.63) is 0 Å². The Balaban J connectivity index is -0.00000112.